The van der Waals surface area contributed by atoms with E-state index in [1.54, 1.807) is 6.20 Å². The Morgan fingerprint density at radius 1 is 1.42 bits per heavy atom. The number of nitrogens with zero attached hydrogens (tertiary/aromatic N) is 3. The molecule has 2 aromatic heterocycles. The van der Waals surface area contributed by atoms with Gasteiger partial charge in [0.1, 0.15) is 5.82 Å². The predicted octanol–water partition coefficient (Wildman–Crippen LogP) is 1.97. The van der Waals surface area contributed by atoms with Crippen LogP contribution in [0.5, 0.6) is 0 Å². The van der Waals surface area contributed by atoms with Crippen LogP contribution in [0.1, 0.15) is 60.0 Å². The molecule has 1 saturated heterocycles. The molecule has 0 unspecified atom stereocenters. The van der Waals surface area contributed by atoms with Crippen LogP contribution in [0.3, 0.4) is 0 Å². The van der Waals surface area contributed by atoms with Gasteiger partial charge >= 0.3 is 0 Å². The number of carbonyl (C=O) groups excluding carboxylic acids is 2. The van der Waals surface area contributed by atoms with E-state index in [9.17, 15) is 9.59 Å². The number of hydrogen-bond donors (Lipinski definition) is 2. The second-order valence-electron chi connectivity index (χ2n) is 7.27. The van der Waals surface area contributed by atoms with Crippen LogP contribution in [0.15, 0.2) is 24.7 Å². The summed E-state index contributed by atoms with van der Waals surface area (Å²) < 4.78 is 1.96. The third-order valence-corrected chi connectivity index (χ3v) is 5.54. The van der Waals surface area contributed by atoms with Gasteiger partial charge in [0.05, 0.1) is 11.6 Å². The summed E-state index contributed by atoms with van der Waals surface area (Å²) in [5.41, 5.74) is 1.78. The molecular formula is C19H25N5O2. The van der Waals surface area contributed by atoms with E-state index in [1.807, 2.05) is 41.9 Å². The zero-order valence-corrected chi connectivity index (χ0v) is 15.2. The number of nitrogens with one attached hydrogen (secondary N) is 2. The number of aromatic amines is 1. The highest BCUT2D eigenvalue weighted by atomic mass is 16.2. The molecule has 2 amide bonds. The van der Waals surface area contributed by atoms with E-state index in [0.29, 0.717) is 25.4 Å². The molecule has 1 aliphatic heterocycles. The fourth-order valence-electron chi connectivity index (χ4n) is 4.04. The van der Waals surface area contributed by atoms with Gasteiger partial charge in [0.25, 0.3) is 5.91 Å². The number of H-pyrrole nitrogens is 1. The van der Waals surface area contributed by atoms with Gasteiger partial charge in [0.15, 0.2) is 0 Å². The van der Waals surface area contributed by atoms with E-state index in [-0.39, 0.29) is 23.8 Å². The maximum absolute atomic E-state index is 12.7. The SMILES string of the molecule is CCN1C(=O)C[C@@H](CNC(=O)c2cc[nH]c2C2CC2)[C@@H]1c1nccn1C. The highest BCUT2D eigenvalue weighted by Gasteiger charge is 2.42. The number of likely N-dealkylation sites (tertiary alicyclic amines) is 1. The van der Waals surface area contributed by atoms with Crippen LogP contribution in [0, 0.1) is 5.92 Å². The maximum atomic E-state index is 12.7. The summed E-state index contributed by atoms with van der Waals surface area (Å²) in [6.45, 7) is 3.09. The van der Waals surface area contributed by atoms with Crippen LogP contribution in [-0.4, -0.2) is 44.3 Å². The molecule has 26 heavy (non-hydrogen) atoms. The molecule has 1 aliphatic carbocycles. The first kappa shape index (κ1) is 16.9. The zero-order chi connectivity index (χ0) is 18.3. The fraction of sp³-hybridized carbons (Fsp3) is 0.526. The van der Waals surface area contributed by atoms with E-state index >= 15 is 0 Å². The molecule has 2 aliphatic rings. The second-order valence-corrected chi connectivity index (χ2v) is 7.27. The number of amides is 2. The number of carbonyl (C=O) groups is 2. The van der Waals surface area contributed by atoms with Crippen LogP contribution in [0.25, 0.3) is 0 Å². The topological polar surface area (TPSA) is 83.0 Å². The highest BCUT2D eigenvalue weighted by Crippen LogP contribution is 2.41. The smallest absolute Gasteiger partial charge is 0.253 e. The lowest BCUT2D eigenvalue weighted by atomic mass is 9.99. The number of aromatic nitrogens is 3. The largest absolute Gasteiger partial charge is 0.364 e. The molecule has 1 saturated carbocycles. The van der Waals surface area contributed by atoms with Crippen molar-refractivity contribution in [3.8, 4) is 0 Å². The molecule has 0 bridgehead atoms. The van der Waals surface area contributed by atoms with Crippen molar-refractivity contribution < 1.29 is 9.59 Å². The van der Waals surface area contributed by atoms with Crippen molar-refractivity contribution in [3.63, 3.8) is 0 Å². The first-order chi connectivity index (χ1) is 12.6. The van der Waals surface area contributed by atoms with Crippen molar-refractivity contribution in [2.75, 3.05) is 13.1 Å². The van der Waals surface area contributed by atoms with E-state index in [0.717, 1.165) is 29.9 Å². The van der Waals surface area contributed by atoms with Crippen LogP contribution in [0.2, 0.25) is 0 Å². The van der Waals surface area contributed by atoms with E-state index < -0.39 is 0 Å². The molecule has 2 atom stereocenters. The van der Waals surface area contributed by atoms with Crippen molar-refractivity contribution in [1.82, 2.24) is 24.8 Å². The van der Waals surface area contributed by atoms with E-state index in [2.05, 4.69) is 15.3 Å². The molecule has 7 heteroatoms. The Kier molecular flexibility index (Phi) is 4.30. The summed E-state index contributed by atoms with van der Waals surface area (Å²) in [5, 5.41) is 3.05. The fourth-order valence-corrected chi connectivity index (χ4v) is 4.04. The number of hydrogen-bond acceptors (Lipinski definition) is 3. The molecule has 0 radical (unpaired) electrons. The molecule has 2 fully saturated rings. The van der Waals surface area contributed by atoms with Crippen molar-refractivity contribution in [2.24, 2.45) is 13.0 Å². The Morgan fingerprint density at radius 2 is 2.23 bits per heavy atom. The average Bonchev–Trinajstić information content (AvgIpc) is 3.06. The lowest BCUT2D eigenvalue weighted by molar-refractivity contribution is -0.128. The summed E-state index contributed by atoms with van der Waals surface area (Å²) in [6.07, 6.45) is 8.20. The summed E-state index contributed by atoms with van der Waals surface area (Å²) in [6, 6.07) is 1.75. The van der Waals surface area contributed by atoms with Gasteiger partial charge in [0.2, 0.25) is 5.91 Å². The molecule has 2 aromatic rings. The third-order valence-electron chi connectivity index (χ3n) is 5.54. The third kappa shape index (κ3) is 2.91. The quantitative estimate of drug-likeness (QED) is 0.831. The first-order valence-electron chi connectivity index (χ1n) is 9.32. The Morgan fingerprint density at radius 3 is 2.88 bits per heavy atom. The standard InChI is InChI=1S/C19H25N5O2/c1-3-24-15(25)10-13(17(24)18-21-8-9-23(18)2)11-22-19(26)14-6-7-20-16(14)12-4-5-12/h6-9,12-13,17,20H,3-5,10-11H2,1-2H3,(H,22,26)/t13-,17+/m0/s1. The Bertz CT molecular complexity index is 820. The Labute approximate surface area is 152 Å². The Hall–Kier alpha value is -2.57. The molecule has 0 aromatic carbocycles. The summed E-state index contributed by atoms with van der Waals surface area (Å²) in [7, 11) is 1.94. The van der Waals surface area contributed by atoms with Crippen LogP contribution in [-0.2, 0) is 11.8 Å². The van der Waals surface area contributed by atoms with Crippen LogP contribution in [0.4, 0.5) is 0 Å². The van der Waals surface area contributed by atoms with E-state index in [4.69, 9.17) is 0 Å². The monoisotopic (exact) mass is 355 g/mol. The lowest BCUT2D eigenvalue weighted by Crippen LogP contribution is -2.35. The van der Waals surface area contributed by atoms with Gasteiger partial charge in [-0.15, -0.1) is 0 Å². The minimum atomic E-state index is -0.0954. The number of rotatable bonds is 6. The van der Waals surface area contributed by atoms with Gasteiger partial charge in [0, 0.05) is 56.8 Å². The van der Waals surface area contributed by atoms with Gasteiger partial charge in [-0.25, -0.2) is 4.98 Å². The highest BCUT2D eigenvalue weighted by molar-refractivity contribution is 5.95. The minimum absolute atomic E-state index is 0.0239. The normalized spacial score (nSPS) is 22.8. The molecule has 0 spiro atoms. The van der Waals surface area contributed by atoms with Crippen molar-refractivity contribution in [1.29, 1.82) is 0 Å². The molecule has 4 rings (SSSR count). The number of imidazole rings is 1. The second kappa shape index (κ2) is 6.63. The van der Waals surface area contributed by atoms with Gasteiger partial charge in [-0.1, -0.05) is 0 Å². The predicted molar refractivity (Wildman–Crippen MR) is 96.5 cm³/mol. The summed E-state index contributed by atoms with van der Waals surface area (Å²) >= 11 is 0. The maximum Gasteiger partial charge on any atom is 0.253 e. The van der Waals surface area contributed by atoms with Gasteiger partial charge in [-0.3, -0.25) is 9.59 Å². The number of aryl methyl sites for hydroxylation is 1. The minimum Gasteiger partial charge on any atom is -0.364 e. The molecule has 3 heterocycles. The molecule has 138 valence electrons. The first-order valence-corrected chi connectivity index (χ1v) is 9.32. The molecule has 7 nitrogen and oxygen atoms in total. The van der Waals surface area contributed by atoms with Crippen molar-refractivity contribution in [2.45, 2.75) is 38.1 Å². The molecule has 2 N–H and O–H groups in total. The zero-order valence-electron chi connectivity index (χ0n) is 15.2. The van der Waals surface area contributed by atoms with Crippen LogP contribution >= 0.6 is 0 Å². The summed E-state index contributed by atoms with van der Waals surface area (Å²) in [5.74, 6) is 1.46. The van der Waals surface area contributed by atoms with Crippen molar-refractivity contribution >= 4 is 11.8 Å². The Balaban J connectivity index is 1.49. The van der Waals surface area contributed by atoms with E-state index in [1.165, 1.54) is 0 Å². The van der Waals surface area contributed by atoms with Gasteiger partial charge in [-0.05, 0) is 31.7 Å². The van der Waals surface area contributed by atoms with Gasteiger partial charge in [-0.2, -0.15) is 0 Å². The molecular weight excluding hydrogens is 330 g/mol. The van der Waals surface area contributed by atoms with Crippen LogP contribution < -0.4 is 5.32 Å². The van der Waals surface area contributed by atoms with Gasteiger partial charge < -0.3 is 19.8 Å². The van der Waals surface area contributed by atoms with Crippen molar-refractivity contribution in [3.05, 3.63) is 41.7 Å². The lowest BCUT2D eigenvalue weighted by Gasteiger charge is -2.27. The average molecular weight is 355 g/mol. The summed E-state index contributed by atoms with van der Waals surface area (Å²) in [4.78, 5) is 34.6.